The largest absolute Gasteiger partial charge is 0.511 e. The molecule has 19 nitrogen and oxygen atoms in total. The lowest BCUT2D eigenvalue weighted by Crippen LogP contribution is -2.52. The number of carbonyl (C=O) groups is 2. The molecule has 308 valence electrons. The average molecular weight is 908 g/mol. The van der Waals surface area contributed by atoms with E-state index in [0.29, 0.717) is 16.1 Å². The van der Waals surface area contributed by atoms with Crippen molar-refractivity contribution in [2.45, 2.75) is 49.3 Å². The van der Waals surface area contributed by atoms with E-state index in [9.17, 15) is 57.9 Å². The van der Waals surface area contributed by atoms with Crippen LogP contribution in [0.25, 0.3) is 0 Å². The number of fused-ring (bicyclic) bond motifs is 2. The number of rotatable bonds is 13. The molecule has 0 radical (unpaired) electrons. The van der Waals surface area contributed by atoms with Crippen molar-refractivity contribution < 1.29 is 57.9 Å². The molecule has 2 unspecified atom stereocenters. The molecule has 3 aromatic rings. The van der Waals surface area contributed by atoms with E-state index >= 15 is 0 Å². The Bertz CT molecular complexity index is 2720. The Morgan fingerprint density at radius 2 is 1.58 bits per heavy atom. The third-order valence-corrected chi connectivity index (χ3v) is 15.8. The molecule has 5 N–H and O–H groups in total. The lowest BCUT2D eigenvalue weighted by molar-refractivity contribution is -0.139. The molecule has 5 heterocycles. The molecule has 2 aromatic heterocycles. The molecule has 0 bridgehead atoms. The van der Waals surface area contributed by atoms with Gasteiger partial charge in [-0.2, -0.15) is 21.1 Å². The fraction of sp³-hybridized carbons (Fsp3) is 0.355. The van der Waals surface area contributed by atoms with Crippen LogP contribution < -0.4 is 15.4 Å². The van der Waals surface area contributed by atoms with E-state index in [2.05, 4.69) is 24.2 Å². The maximum Gasteiger partial charge on any atom is 0.329 e. The van der Waals surface area contributed by atoms with E-state index in [1.165, 1.54) is 39.9 Å². The standard InChI is InChI=1S/C31H34FN7O12S6/c1-15(2)20-12-38(10-16-5-7-19(32)8-6-16)30(41)21(23(20)40)26-34-29-25(57(50,51)36-26)18(14-53-29)11-39(55(4,46)47)22(31(42)43)27-35-28-24(56(48,49)37-27)17(13-52-28)9-33-54(3,44)45/h5-8,13-15,20,22,33,40H,9-12H2,1-4H3,(H,34,36)(H,35,37)(H,42,43). The van der Waals surface area contributed by atoms with E-state index in [0.717, 1.165) is 28.9 Å². The predicted octanol–water partition coefficient (Wildman–Crippen LogP) is 2.07. The number of sulfonamides is 4. The van der Waals surface area contributed by atoms with Gasteiger partial charge in [-0.3, -0.25) is 4.79 Å². The Hall–Kier alpha value is -4.31. The molecule has 0 saturated heterocycles. The summed E-state index contributed by atoms with van der Waals surface area (Å²) in [5.74, 6) is -5.80. The zero-order valence-electron chi connectivity index (χ0n) is 30.1. The number of carbonyl (C=O) groups excluding carboxylic acids is 1. The predicted molar refractivity (Wildman–Crippen MR) is 208 cm³/mol. The fourth-order valence-corrected chi connectivity index (χ4v) is 12.9. The summed E-state index contributed by atoms with van der Waals surface area (Å²) in [4.78, 5) is 27.0. The molecule has 0 aliphatic carbocycles. The van der Waals surface area contributed by atoms with Crippen LogP contribution in [0.3, 0.4) is 0 Å². The number of nitrogens with zero attached hydrogens (tertiary/aromatic N) is 4. The van der Waals surface area contributed by atoms with Gasteiger partial charge in [0.2, 0.25) is 20.0 Å². The first kappa shape index (κ1) is 42.3. The molecule has 0 saturated carbocycles. The Labute approximate surface area is 334 Å². The first-order chi connectivity index (χ1) is 26.4. The van der Waals surface area contributed by atoms with E-state index in [4.69, 9.17) is 0 Å². The Morgan fingerprint density at radius 3 is 2.16 bits per heavy atom. The van der Waals surface area contributed by atoms with Crippen molar-refractivity contribution in [2.75, 3.05) is 29.7 Å². The van der Waals surface area contributed by atoms with Crippen molar-refractivity contribution in [3.05, 3.63) is 68.9 Å². The van der Waals surface area contributed by atoms with Crippen LogP contribution in [0.5, 0.6) is 0 Å². The number of aliphatic hydroxyl groups excluding tert-OH is 1. The number of benzene rings is 1. The smallest absolute Gasteiger partial charge is 0.329 e. The Balaban J connectivity index is 1.34. The summed E-state index contributed by atoms with van der Waals surface area (Å²) in [5.41, 5.74) is -0.141. The molecule has 0 spiro atoms. The fourth-order valence-electron chi connectivity index (χ4n) is 6.28. The summed E-state index contributed by atoms with van der Waals surface area (Å²) < 4.78 is 128. The van der Waals surface area contributed by atoms with Gasteiger partial charge in [0.15, 0.2) is 17.7 Å². The topological polar surface area (TPSA) is 278 Å². The molecular weight excluding hydrogens is 874 g/mol. The lowest BCUT2D eigenvalue weighted by Gasteiger charge is -2.36. The zero-order chi connectivity index (χ0) is 42.0. The number of amides is 1. The number of amidine groups is 2. The number of halogens is 1. The normalized spacial score (nSPS) is 19.7. The molecule has 3 aliphatic heterocycles. The first-order valence-electron chi connectivity index (χ1n) is 16.4. The number of aliphatic hydroxyl groups is 1. The Kier molecular flexibility index (Phi) is 11.2. The van der Waals surface area contributed by atoms with E-state index < -0.39 is 116 Å². The van der Waals surface area contributed by atoms with Gasteiger partial charge in [0.25, 0.3) is 26.0 Å². The molecule has 1 aromatic carbocycles. The zero-order valence-corrected chi connectivity index (χ0v) is 35.0. The number of aliphatic carboxylic acids is 1. The number of hydrogen-bond donors (Lipinski definition) is 5. The Morgan fingerprint density at radius 1 is 1.00 bits per heavy atom. The van der Waals surface area contributed by atoms with Crippen molar-refractivity contribution in [3.63, 3.8) is 0 Å². The van der Waals surface area contributed by atoms with Gasteiger partial charge in [0.1, 0.15) is 36.9 Å². The van der Waals surface area contributed by atoms with Gasteiger partial charge in [-0.15, -0.1) is 31.5 Å². The van der Waals surface area contributed by atoms with Crippen molar-refractivity contribution in [3.8, 4) is 0 Å². The second-order valence-electron chi connectivity index (χ2n) is 13.5. The molecule has 3 aliphatic rings. The number of nitrogens with one attached hydrogen (secondary N) is 3. The number of anilines is 2. The second-order valence-corrected chi connectivity index (χ2v) is 22.1. The van der Waals surface area contributed by atoms with Crippen LogP contribution in [-0.2, 0) is 69.3 Å². The van der Waals surface area contributed by atoms with Crippen LogP contribution in [0.15, 0.2) is 64.9 Å². The summed E-state index contributed by atoms with van der Waals surface area (Å²) in [6, 6.07) is 3.05. The van der Waals surface area contributed by atoms with Crippen molar-refractivity contribution >= 4 is 96.3 Å². The number of carboxylic acid groups (broad SMARTS) is 1. The highest BCUT2D eigenvalue weighted by atomic mass is 32.2. The molecular formula is C31H34FN7O12S6. The molecule has 2 atom stereocenters. The van der Waals surface area contributed by atoms with Crippen LogP contribution in [0.2, 0.25) is 0 Å². The van der Waals surface area contributed by atoms with Gasteiger partial charge in [-0.25, -0.2) is 30.7 Å². The molecule has 6 rings (SSSR count). The molecule has 57 heavy (non-hydrogen) atoms. The monoisotopic (exact) mass is 907 g/mol. The molecule has 26 heteroatoms. The third kappa shape index (κ3) is 8.62. The first-order valence-corrected chi connectivity index (χ1v) is 24.8. The lowest BCUT2D eigenvalue weighted by atomic mass is 9.86. The highest BCUT2D eigenvalue weighted by molar-refractivity contribution is 7.91. The van der Waals surface area contributed by atoms with Gasteiger partial charge in [0.05, 0.1) is 12.5 Å². The molecule has 1 amide bonds. The number of carboxylic acids is 1. The van der Waals surface area contributed by atoms with Gasteiger partial charge >= 0.3 is 5.97 Å². The van der Waals surface area contributed by atoms with Gasteiger partial charge in [0, 0.05) is 43.2 Å². The van der Waals surface area contributed by atoms with E-state index in [-0.39, 0.29) is 40.1 Å². The number of hydrogen-bond acceptors (Lipinski definition) is 15. The summed E-state index contributed by atoms with van der Waals surface area (Å²) in [5, 5.41) is 29.1. The minimum atomic E-state index is -4.81. The maximum absolute atomic E-state index is 13.9. The van der Waals surface area contributed by atoms with Crippen LogP contribution in [-0.4, -0.2) is 102 Å². The summed E-state index contributed by atoms with van der Waals surface area (Å²) >= 11 is 1.52. The van der Waals surface area contributed by atoms with E-state index in [1.807, 2.05) is 0 Å². The summed E-state index contributed by atoms with van der Waals surface area (Å²) in [7, 11) is -17.9. The van der Waals surface area contributed by atoms with Crippen molar-refractivity contribution in [1.82, 2.24) is 13.9 Å². The number of thiophene rings is 2. The van der Waals surface area contributed by atoms with Gasteiger partial charge < -0.3 is 25.7 Å². The molecule has 0 fully saturated rings. The minimum absolute atomic E-state index is 0.00356. The van der Waals surface area contributed by atoms with Crippen molar-refractivity contribution in [2.24, 2.45) is 20.6 Å². The third-order valence-electron chi connectivity index (χ3n) is 8.96. The van der Waals surface area contributed by atoms with Gasteiger partial charge in [-0.05, 0) is 34.4 Å². The minimum Gasteiger partial charge on any atom is -0.511 e. The van der Waals surface area contributed by atoms with Crippen LogP contribution in [0.4, 0.5) is 14.4 Å². The van der Waals surface area contributed by atoms with Gasteiger partial charge in [-0.1, -0.05) is 26.0 Å². The van der Waals surface area contributed by atoms with Crippen LogP contribution >= 0.6 is 22.7 Å². The summed E-state index contributed by atoms with van der Waals surface area (Å²) in [6.45, 7) is 2.25. The maximum atomic E-state index is 13.9. The van der Waals surface area contributed by atoms with Crippen LogP contribution in [0.1, 0.15) is 30.5 Å². The summed E-state index contributed by atoms with van der Waals surface area (Å²) in [6.07, 6.45) is 1.48. The average Bonchev–Trinajstić information content (AvgIpc) is 3.69. The highest BCUT2D eigenvalue weighted by Gasteiger charge is 2.45. The van der Waals surface area contributed by atoms with Crippen molar-refractivity contribution in [1.29, 1.82) is 0 Å². The second kappa shape index (κ2) is 15.1. The highest BCUT2D eigenvalue weighted by Crippen LogP contribution is 2.41. The SMILES string of the molecule is CC(C)C1CN(Cc2ccc(F)cc2)C(=O)C(C2=NS(=O)(=O)c3c(CN(C(C(=O)O)C4=NS(=O)(=O)c5c(CNS(C)(=O)=O)csc5N4)S(C)(=O)=O)csc3N2)=C1O. The quantitative estimate of drug-likeness (QED) is 0.164. The van der Waals surface area contributed by atoms with E-state index in [1.54, 1.807) is 13.8 Å². The van der Waals surface area contributed by atoms with Crippen LogP contribution in [0, 0.1) is 17.7 Å².